The maximum Gasteiger partial charge on any atom is 0.377 e. The van der Waals surface area contributed by atoms with Crippen LogP contribution in [0.4, 0.5) is 0 Å². The van der Waals surface area contributed by atoms with Gasteiger partial charge in [0.25, 0.3) is 11.7 Å². The standard InChI is InChI=1S/C8H12N2O4/c1-4-13-8(2,3)7-9-5(6(11)12)10-14-7/h4H2,1-3H3,(H,11,12). The number of aromatic nitrogens is 2. The van der Waals surface area contributed by atoms with Crippen molar-refractivity contribution in [2.45, 2.75) is 26.4 Å². The average Bonchev–Trinajstić information content (AvgIpc) is 2.51. The van der Waals surface area contributed by atoms with Crippen LogP contribution in [0.15, 0.2) is 4.52 Å². The van der Waals surface area contributed by atoms with Gasteiger partial charge in [0.15, 0.2) is 0 Å². The van der Waals surface area contributed by atoms with E-state index in [1.54, 1.807) is 13.8 Å². The first kappa shape index (κ1) is 10.6. The van der Waals surface area contributed by atoms with Crippen molar-refractivity contribution in [3.63, 3.8) is 0 Å². The first-order valence-corrected chi connectivity index (χ1v) is 4.19. The number of hydrogen-bond acceptors (Lipinski definition) is 5. The molecule has 0 spiro atoms. The number of carboxylic acid groups (broad SMARTS) is 1. The Hall–Kier alpha value is -1.43. The van der Waals surface area contributed by atoms with Gasteiger partial charge in [-0.1, -0.05) is 0 Å². The molecule has 1 heterocycles. The predicted octanol–water partition coefficient (Wildman–Crippen LogP) is 1.04. The monoisotopic (exact) mass is 200 g/mol. The van der Waals surface area contributed by atoms with Crippen LogP contribution in [0, 0.1) is 0 Å². The maximum atomic E-state index is 10.5. The Balaban J connectivity index is 2.90. The van der Waals surface area contributed by atoms with E-state index in [2.05, 4.69) is 10.1 Å². The lowest BCUT2D eigenvalue weighted by atomic mass is 10.1. The van der Waals surface area contributed by atoms with E-state index in [-0.39, 0.29) is 11.7 Å². The SMILES string of the molecule is CCOC(C)(C)c1nc(C(=O)O)no1. The zero-order chi connectivity index (χ0) is 10.8. The summed E-state index contributed by atoms with van der Waals surface area (Å²) in [5.74, 6) is -1.41. The van der Waals surface area contributed by atoms with Crippen LogP contribution in [0.5, 0.6) is 0 Å². The molecule has 1 rings (SSSR count). The summed E-state index contributed by atoms with van der Waals surface area (Å²) in [5.41, 5.74) is -0.755. The van der Waals surface area contributed by atoms with Crippen molar-refractivity contribution in [1.82, 2.24) is 10.1 Å². The number of aromatic carboxylic acids is 1. The number of hydrogen-bond donors (Lipinski definition) is 1. The molecule has 0 fully saturated rings. The molecule has 0 amide bonds. The summed E-state index contributed by atoms with van der Waals surface area (Å²) in [6.07, 6.45) is 0. The Kier molecular flexibility index (Phi) is 2.85. The lowest BCUT2D eigenvalue weighted by Crippen LogP contribution is -2.22. The summed E-state index contributed by atoms with van der Waals surface area (Å²) >= 11 is 0. The Morgan fingerprint density at radius 1 is 1.64 bits per heavy atom. The summed E-state index contributed by atoms with van der Waals surface area (Å²) in [6, 6.07) is 0. The highest BCUT2D eigenvalue weighted by atomic mass is 16.5. The molecule has 0 aliphatic carbocycles. The first-order chi connectivity index (χ1) is 6.47. The van der Waals surface area contributed by atoms with Crippen molar-refractivity contribution in [2.24, 2.45) is 0 Å². The molecule has 0 unspecified atom stereocenters. The smallest absolute Gasteiger partial charge is 0.377 e. The number of carbonyl (C=O) groups is 1. The summed E-state index contributed by atoms with van der Waals surface area (Å²) < 4.78 is 10.1. The Bertz CT molecular complexity index is 332. The molecular formula is C8H12N2O4. The quantitative estimate of drug-likeness (QED) is 0.781. The van der Waals surface area contributed by atoms with Crippen molar-refractivity contribution >= 4 is 5.97 Å². The molecule has 0 aromatic carbocycles. The van der Waals surface area contributed by atoms with E-state index < -0.39 is 11.6 Å². The molecule has 0 saturated carbocycles. The van der Waals surface area contributed by atoms with Crippen molar-refractivity contribution in [3.8, 4) is 0 Å². The van der Waals surface area contributed by atoms with E-state index >= 15 is 0 Å². The first-order valence-electron chi connectivity index (χ1n) is 4.19. The van der Waals surface area contributed by atoms with E-state index in [1.165, 1.54) is 0 Å². The van der Waals surface area contributed by atoms with E-state index in [9.17, 15) is 4.79 Å². The molecule has 1 aromatic heterocycles. The third kappa shape index (κ3) is 2.08. The number of nitrogens with zero attached hydrogens (tertiary/aromatic N) is 2. The van der Waals surface area contributed by atoms with Crippen LogP contribution in [-0.4, -0.2) is 27.8 Å². The molecule has 0 saturated heterocycles. The topological polar surface area (TPSA) is 85.5 Å². The molecule has 6 heteroatoms. The van der Waals surface area contributed by atoms with Gasteiger partial charge in [0, 0.05) is 6.61 Å². The van der Waals surface area contributed by atoms with E-state index in [1.807, 2.05) is 6.92 Å². The van der Waals surface area contributed by atoms with E-state index in [4.69, 9.17) is 14.4 Å². The van der Waals surface area contributed by atoms with Crippen LogP contribution in [0.25, 0.3) is 0 Å². The number of carboxylic acids is 1. The summed E-state index contributed by atoms with van der Waals surface area (Å²) in [4.78, 5) is 14.2. The molecule has 14 heavy (non-hydrogen) atoms. The van der Waals surface area contributed by atoms with Gasteiger partial charge in [-0.2, -0.15) is 4.98 Å². The number of ether oxygens (including phenoxy) is 1. The van der Waals surface area contributed by atoms with Gasteiger partial charge >= 0.3 is 5.97 Å². The zero-order valence-electron chi connectivity index (χ0n) is 8.27. The van der Waals surface area contributed by atoms with Gasteiger partial charge in [-0.15, -0.1) is 0 Å². The van der Waals surface area contributed by atoms with Crippen LogP contribution >= 0.6 is 0 Å². The Morgan fingerprint density at radius 3 is 2.71 bits per heavy atom. The summed E-state index contributed by atoms with van der Waals surface area (Å²) in [5, 5.41) is 11.9. The van der Waals surface area contributed by atoms with Crippen molar-refractivity contribution in [2.75, 3.05) is 6.61 Å². The van der Waals surface area contributed by atoms with E-state index in [0.717, 1.165) is 0 Å². The van der Waals surface area contributed by atoms with Crippen molar-refractivity contribution in [3.05, 3.63) is 11.7 Å². The summed E-state index contributed by atoms with van der Waals surface area (Å²) in [6.45, 7) is 5.78. The fourth-order valence-electron chi connectivity index (χ4n) is 0.977. The van der Waals surface area contributed by atoms with Gasteiger partial charge < -0.3 is 14.4 Å². The minimum atomic E-state index is -1.22. The van der Waals surface area contributed by atoms with Gasteiger partial charge in [-0.05, 0) is 25.9 Å². The molecule has 0 aliphatic rings. The minimum absolute atomic E-state index is 0.164. The molecule has 6 nitrogen and oxygen atoms in total. The number of rotatable bonds is 4. The molecule has 0 aliphatic heterocycles. The minimum Gasteiger partial charge on any atom is -0.475 e. The van der Waals surface area contributed by atoms with Gasteiger partial charge in [0.1, 0.15) is 5.60 Å². The Morgan fingerprint density at radius 2 is 2.29 bits per heavy atom. The summed E-state index contributed by atoms with van der Waals surface area (Å²) in [7, 11) is 0. The molecular weight excluding hydrogens is 188 g/mol. The van der Waals surface area contributed by atoms with E-state index in [0.29, 0.717) is 6.61 Å². The van der Waals surface area contributed by atoms with Gasteiger partial charge in [-0.25, -0.2) is 4.79 Å². The second-order valence-corrected chi connectivity index (χ2v) is 3.17. The van der Waals surface area contributed by atoms with Gasteiger partial charge in [0.05, 0.1) is 0 Å². The van der Waals surface area contributed by atoms with Gasteiger partial charge in [-0.3, -0.25) is 0 Å². The molecule has 78 valence electrons. The fourth-order valence-corrected chi connectivity index (χ4v) is 0.977. The maximum absolute atomic E-state index is 10.5. The highest BCUT2D eigenvalue weighted by Crippen LogP contribution is 2.22. The highest BCUT2D eigenvalue weighted by Gasteiger charge is 2.29. The zero-order valence-corrected chi connectivity index (χ0v) is 8.27. The molecule has 1 N–H and O–H groups in total. The van der Waals surface area contributed by atoms with Crippen molar-refractivity contribution < 1.29 is 19.2 Å². The van der Waals surface area contributed by atoms with Crippen LogP contribution in [-0.2, 0) is 10.3 Å². The largest absolute Gasteiger partial charge is 0.475 e. The molecule has 0 bridgehead atoms. The second kappa shape index (κ2) is 3.75. The second-order valence-electron chi connectivity index (χ2n) is 3.17. The van der Waals surface area contributed by atoms with Crippen LogP contribution in [0.2, 0.25) is 0 Å². The molecule has 1 aromatic rings. The normalized spacial score (nSPS) is 11.6. The lowest BCUT2D eigenvalue weighted by Gasteiger charge is -2.19. The third-order valence-electron chi connectivity index (χ3n) is 1.64. The highest BCUT2D eigenvalue weighted by molar-refractivity contribution is 5.82. The molecule has 0 atom stereocenters. The molecule has 0 radical (unpaired) electrons. The van der Waals surface area contributed by atoms with Crippen LogP contribution < -0.4 is 0 Å². The lowest BCUT2D eigenvalue weighted by molar-refractivity contribution is -0.0370. The fraction of sp³-hybridized carbons (Fsp3) is 0.625. The predicted molar refractivity (Wildman–Crippen MR) is 45.9 cm³/mol. The average molecular weight is 200 g/mol. The van der Waals surface area contributed by atoms with Crippen molar-refractivity contribution in [1.29, 1.82) is 0 Å². The van der Waals surface area contributed by atoms with Crippen LogP contribution in [0.1, 0.15) is 37.3 Å². The van der Waals surface area contributed by atoms with Crippen LogP contribution in [0.3, 0.4) is 0 Å². The third-order valence-corrected chi connectivity index (χ3v) is 1.64. The van der Waals surface area contributed by atoms with Gasteiger partial charge in [0.2, 0.25) is 0 Å². The Labute approximate surface area is 80.9 Å².